The van der Waals surface area contributed by atoms with E-state index in [2.05, 4.69) is 0 Å². The zero-order chi connectivity index (χ0) is 15.5. The van der Waals surface area contributed by atoms with Gasteiger partial charge in [0.15, 0.2) is 0 Å². The van der Waals surface area contributed by atoms with Gasteiger partial charge in [0.1, 0.15) is 0 Å². The van der Waals surface area contributed by atoms with Crippen LogP contribution in [0, 0.1) is 0 Å². The van der Waals surface area contributed by atoms with Crippen molar-refractivity contribution in [3.8, 4) is 0 Å². The first-order valence-corrected chi connectivity index (χ1v) is 6.64. The van der Waals surface area contributed by atoms with Gasteiger partial charge < -0.3 is 4.74 Å². The topological polar surface area (TPSA) is 29.5 Å². The number of hydrogen-bond acceptors (Lipinski definition) is 3. The Bertz CT molecular complexity index is 538. The number of alkyl halides is 3. The van der Waals surface area contributed by atoms with Crippen molar-refractivity contribution in [2.45, 2.75) is 19.6 Å². The first-order valence-electron chi connectivity index (χ1n) is 6.64. The first-order chi connectivity index (χ1) is 9.91. The standard InChI is InChI=1S/C15H16F3NO2/c1-2-21-14(20)12-9-19(10-13(12)15(16,17)18)8-11-6-4-3-5-7-11/h3-7H,2,8-10H2,1H3. The molecule has 0 unspecified atom stereocenters. The van der Waals surface area contributed by atoms with Gasteiger partial charge in [-0.15, -0.1) is 0 Å². The van der Waals surface area contributed by atoms with Gasteiger partial charge in [0, 0.05) is 19.6 Å². The van der Waals surface area contributed by atoms with Gasteiger partial charge in [-0.25, -0.2) is 4.79 Å². The number of nitrogens with zero attached hydrogens (tertiary/aromatic N) is 1. The van der Waals surface area contributed by atoms with Gasteiger partial charge >= 0.3 is 12.1 Å². The molecule has 3 nitrogen and oxygen atoms in total. The van der Waals surface area contributed by atoms with Gasteiger partial charge in [0.05, 0.1) is 17.8 Å². The summed E-state index contributed by atoms with van der Waals surface area (Å²) in [6.45, 7) is 1.67. The summed E-state index contributed by atoms with van der Waals surface area (Å²) in [7, 11) is 0. The summed E-state index contributed by atoms with van der Waals surface area (Å²) >= 11 is 0. The van der Waals surface area contributed by atoms with E-state index in [1.165, 1.54) is 0 Å². The number of benzene rings is 1. The normalized spacial score (nSPS) is 16.4. The highest BCUT2D eigenvalue weighted by Crippen LogP contribution is 2.34. The number of ether oxygens (including phenoxy) is 1. The third-order valence-electron chi connectivity index (χ3n) is 3.24. The first kappa shape index (κ1) is 15.6. The van der Waals surface area contributed by atoms with Crippen molar-refractivity contribution in [1.82, 2.24) is 4.90 Å². The molecule has 0 fully saturated rings. The molecule has 1 heterocycles. The van der Waals surface area contributed by atoms with Crippen LogP contribution in [-0.4, -0.2) is 36.7 Å². The lowest BCUT2D eigenvalue weighted by molar-refractivity contribution is -0.139. The Morgan fingerprint density at radius 3 is 2.48 bits per heavy atom. The summed E-state index contributed by atoms with van der Waals surface area (Å²) in [5.74, 6) is -0.875. The summed E-state index contributed by atoms with van der Waals surface area (Å²) in [6, 6.07) is 9.19. The lowest BCUT2D eigenvalue weighted by atomic mass is 10.1. The zero-order valence-electron chi connectivity index (χ0n) is 11.6. The molecule has 2 rings (SSSR count). The second kappa shape index (κ2) is 6.30. The average Bonchev–Trinajstić information content (AvgIpc) is 2.84. The molecular formula is C15H16F3NO2. The molecule has 6 heteroatoms. The molecule has 0 bridgehead atoms. The number of rotatable bonds is 4. The van der Waals surface area contributed by atoms with Crippen LogP contribution in [0.3, 0.4) is 0 Å². The average molecular weight is 299 g/mol. The Balaban J connectivity index is 2.14. The molecule has 114 valence electrons. The highest BCUT2D eigenvalue weighted by Gasteiger charge is 2.43. The van der Waals surface area contributed by atoms with Gasteiger partial charge in [-0.1, -0.05) is 30.3 Å². The molecule has 1 aromatic rings. The minimum atomic E-state index is -4.51. The molecule has 1 aliphatic heterocycles. The van der Waals surface area contributed by atoms with Crippen LogP contribution >= 0.6 is 0 Å². The smallest absolute Gasteiger partial charge is 0.414 e. The molecule has 0 amide bonds. The third-order valence-corrected chi connectivity index (χ3v) is 3.24. The third kappa shape index (κ3) is 3.85. The predicted molar refractivity (Wildman–Crippen MR) is 71.4 cm³/mol. The number of carbonyl (C=O) groups is 1. The van der Waals surface area contributed by atoms with Gasteiger partial charge in [-0.2, -0.15) is 13.2 Å². The number of halogens is 3. The molecule has 0 saturated heterocycles. The minimum absolute atomic E-state index is 0.0391. The number of hydrogen-bond donors (Lipinski definition) is 0. The van der Waals surface area contributed by atoms with Crippen LogP contribution < -0.4 is 0 Å². The summed E-state index contributed by atoms with van der Waals surface area (Å²) in [5, 5.41) is 0. The molecule has 0 saturated carbocycles. The second-order valence-electron chi connectivity index (χ2n) is 4.81. The van der Waals surface area contributed by atoms with Crippen LogP contribution in [0.2, 0.25) is 0 Å². The van der Waals surface area contributed by atoms with Crippen LogP contribution in [0.15, 0.2) is 41.5 Å². The SMILES string of the molecule is CCOC(=O)C1=C(C(F)(F)F)CN(Cc2ccccc2)C1. The van der Waals surface area contributed by atoms with Gasteiger partial charge in [0.2, 0.25) is 0 Å². The lowest BCUT2D eigenvalue weighted by Crippen LogP contribution is -2.24. The van der Waals surface area contributed by atoms with E-state index >= 15 is 0 Å². The fourth-order valence-electron chi connectivity index (χ4n) is 2.31. The van der Waals surface area contributed by atoms with Crippen LogP contribution in [0.4, 0.5) is 13.2 Å². The summed E-state index contributed by atoms with van der Waals surface area (Å²) in [5.41, 5.74) is -0.165. The predicted octanol–water partition coefficient (Wildman–Crippen LogP) is 2.92. The zero-order valence-corrected chi connectivity index (χ0v) is 11.6. The Morgan fingerprint density at radius 1 is 1.24 bits per heavy atom. The van der Waals surface area contributed by atoms with E-state index < -0.39 is 17.7 Å². The second-order valence-corrected chi connectivity index (χ2v) is 4.81. The van der Waals surface area contributed by atoms with Crippen molar-refractivity contribution in [3.63, 3.8) is 0 Å². The molecule has 0 radical (unpaired) electrons. The molecule has 0 N–H and O–H groups in total. The maximum atomic E-state index is 13.0. The molecule has 0 spiro atoms. The summed E-state index contributed by atoms with van der Waals surface area (Å²) in [6.07, 6.45) is -4.51. The molecule has 0 atom stereocenters. The minimum Gasteiger partial charge on any atom is -0.463 e. The summed E-state index contributed by atoms with van der Waals surface area (Å²) < 4.78 is 43.8. The van der Waals surface area contributed by atoms with E-state index in [-0.39, 0.29) is 25.3 Å². The Morgan fingerprint density at radius 2 is 1.90 bits per heavy atom. The molecule has 1 aromatic carbocycles. The van der Waals surface area contributed by atoms with Crippen molar-refractivity contribution in [2.75, 3.05) is 19.7 Å². The van der Waals surface area contributed by atoms with E-state index in [1.807, 2.05) is 30.3 Å². The van der Waals surface area contributed by atoms with E-state index in [0.717, 1.165) is 5.56 Å². The maximum absolute atomic E-state index is 13.0. The monoisotopic (exact) mass is 299 g/mol. The van der Waals surface area contributed by atoms with E-state index in [0.29, 0.717) is 6.54 Å². The molecule has 21 heavy (non-hydrogen) atoms. The van der Waals surface area contributed by atoms with Crippen molar-refractivity contribution in [1.29, 1.82) is 0 Å². The highest BCUT2D eigenvalue weighted by molar-refractivity contribution is 5.90. The van der Waals surface area contributed by atoms with E-state index in [4.69, 9.17) is 4.74 Å². The quantitative estimate of drug-likeness (QED) is 0.801. The Hall–Kier alpha value is -1.82. The van der Waals surface area contributed by atoms with Crippen molar-refractivity contribution >= 4 is 5.97 Å². The molecular weight excluding hydrogens is 283 g/mol. The van der Waals surface area contributed by atoms with E-state index in [1.54, 1.807) is 11.8 Å². The van der Waals surface area contributed by atoms with Crippen LogP contribution in [0.5, 0.6) is 0 Å². The molecule has 0 aliphatic carbocycles. The highest BCUT2D eigenvalue weighted by atomic mass is 19.4. The maximum Gasteiger partial charge on any atom is 0.414 e. The van der Waals surface area contributed by atoms with Crippen molar-refractivity contribution < 1.29 is 22.7 Å². The Kier molecular flexibility index (Phi) is 4.67. The van der Waals surface area contributed by atoms with Crippen LogP contribution in [0.25, 0.3) is 0 Å². The number of carbonyl (C=O) groups excluding carboxylic acids is 1. The Labute approximate surface area is 121 Å². The molecule has 0 aromatic heterocycles. The van der Waals surface area contributed by atoms with Crippen LogP contribution in [0.1, 0.15) is 12.5 Å². The van der Waals surface area contributed by atoms with Gasteiger partial charge in [0.25, 0.3) is 0 Å². The van der Waals surface area contributed by atoms with Crippen LogP contribution in [-0.2, 0) is 16.1 Å². The largest absolute Gasteiger partial charge is 0.463 e. The number of esters is 1. The fourth-order valence-corrected chi connectivity index (χ4v) is 2.31. The van der Waals surface area contributed by atoms with E-state index in [9.17, 15) is 18.0 Å². The lowest BCUT2D eigenvalue weighted by Gasteiger charge is -2.16. The van der Waals surface area contributed by atoms with Crippen molar-refractivity contribution in [2.24, 2.45) is 0 Å². The molecule has 1 aliphatic rings. The van der Waals surface area contributed by atoms with Gasteiger partial charge in [-0.05, 0) is 12.5 Å². The van der Waals surface area contributed by atoms with Gasteiger partial charge in [-0.3, -0.25) is 4.90 Å². The van der Waals surface area contributed by atoms with Crippen molar-refractivity contribution in [3.05, 3.63) is 47.0 Å². The summed E-state index contributed by atoms with van der Waals surface area (Å²) in [4.78, 5) is 13.3. The fraction of sp³-hybridized carbons (Fsp3) is 0.400.